The van der Waals surface area contributed by atoms with Crippen LogP contribution in [0, 0.1) is 0 Å². The maximum Gasteiger partial charge on any atom is 0.227 e. The third kappa shape index (κ3) is 4.22. The van der Waals surface area contributed by atoms with Gasteiger partial charge in [0.2, 0.25) is 5.91 Å². The fourth-order valence-corrected chi connectivity index (χ4v) is 5.01. The van der Waals surface area contributed by atoms with E-state index in [-0.39, 0.29) is 5.91 Å². The lowest BCUT2D eigenvalue weighted by Gasteiger charge is -2.42. The fraction of sp³-hybridized carbons (Fsp3) is 0.632. The number of benzene rings is 1. The highest BCUT2D eigenvalue weighted by atomic mass is 79.9. The van der Waals surface area contributed by atoms with E-state index < -0.39 is 0 Å². The second kappa shape index (κ2) is 8.40. The lowest BCUT2D eigenvalue weighted by atomic mass is 9.88. The lowest BCUT2D eigenvalue weighted by Crippen LogP contribution is -2.53. The number of likely N-dealkylation sites (tertiary alicyclic amines) is 1. The summed E-state index contributed by atoms with van der Waals surface area (Å²) in [4.78, 5) is 17.6. The number of anilines is 1. The molecule has 0 aromatic heterocycles. The molecular weight excluding hydrogens is 446 g/mol. The molecule has 138 valence electrons. The smallest absolute Gasteiger partial charge is 0.227 e. The van der Waals surface area contributed by atoms with Crippen LogP contribution in [0.15, 0.2) is 21.1 Å². The van der Waals surface area contributed by atoms with Gasteiger partial charge in [0.25, 0.3) is 0 Å². The van der Waals surface area contributed by atoms with Gasteiger partial charge in [-0.3, -0.25) is 9.69 Å². The summed E-state index contributed by atoms with van der Waals surface area (Å²) in [6, 6.07) is 4.74. The van der Waals surface area contributed by atoms with Crippen molar-refractivity contribution in [1.82, 2.24) is 9.80 Å². The number of rotatable bonds is 4. The molecule has 1 saturated heterocycles. The van der Waals surface area contributed by atoms with Crippen molar-refractivity contribution in [2.75, 3.05) is 25.9 Å². The van der Waals surface area contributed by atoms with Crippen molar-refractivity contribution in [3.63, 3.8) is 0 Å². The molecule has 2 N–H and O–H groups in total. The van der Waals surface area contributed by atoms with Crippen molar-refractivity contribution in [1.29, 1.82) is 0 Å². The summed E-state index contributed by atoms with van der Waals surface area (Å²) in [5.41, 5.74) is 7.72. The molecule has 1 aromatic carbocycles. The highest BCUT2D eigenvalue weighted by Gasteiger charge is 2.35. The zero-order valence-electron chi connectivity index (χ0n) is 14.8. The summed E-state index contributed by atoms with van der Waals surface area (Å²) in [5.74, 6) is 0.164. The highest BCUT2D eigenvalue weighted by molar-refractivity contribution is 9.13. The SMILES string of the molecule is CN(C(=O)Cc1ccc(Br)c(Br)c1N)[C@H]1CCCC[C@@H]1N1CCCC1. The molecule has 0 spiro atoms. The van der Waals surface area contributed by atoms with Crippen LogP contribution < -0.4 is 5.73 Å². The first-order chi connectivity index (χ1) is 12.0. The Morgan fingerprint density at radius 1 is 1.20 bits per heavy atom. The second-order valence-electron chi connectivity index (χ2n) is 7.28. The van der Waals surface area contributed by atoms with Crippen molar-refractivity contribution in [3.05, 3.63) is 26.6 Å². The standard InChI is InChI=1S/C19H27Br2N3O/c1-23(15-6-2-3-7-16(15)24-10-4-5-11-24)17(25)12-13-8-9-14(20)18(21)19(13)22/h8-9,15-16H,2-7,10-12,22H2,1H3/t15-,16-/m0/s1. The number of likely N-dealkylation sites (N-methyl/N-ethyl adjacent to an activating group) is 1. The molecule has 0 unspecified atom stereocenters. The fourth-order valence-electron chi connectivity index (χ4n) is 4.28. The molecule has 0 radical (unpaired) electrons. The Morgan fingerprint density at radius 3 is 2.60 bits per heavy atom. The Bertz CT molecular complexity index is 631. The van der Waals surface area contributed by atoms with E-state index in [0.29, 0.717) is 24.2 Å². The monoisotopic (exact) mass is 471 g/mol. The average Bonchev–Trinajstić information content (AvgIpc) is 3.16. The lowest BCUT2D eigenvalue weighted by molar-refractivity contribution is -0.133. The molecule has 2 fully saturated rings. The van der Waals surface area contributed by atoms with Crippen LogP contribution in [0.5, 0.6) is 0 Å². The van der Waals surface area contributed by atoms with Gasteiger partial charge < -0.3 is 10.6 Å². The number of nitrogens with two attached hydrogens (primary N) is 1. The average molecular weight is 473 g/mol. The summed E-state index contributed by atoms with van der Waals surface area (Å²) in [7, 11) is 1.98. The van der Waals surface area contributed by atoms with Crippen LogP contribution in [-0.2, 0) is 11.2 Å². The molecule has 1 aromatic rings. The van der Waals surface area contributed by atoms with Gasteiger partial charge in [-0.05, 0) is 82.3 Å². The van der Waals surface area contributed by atoms with Gasteiger partial charge in [0.15, 0.2) is 0 Å². The number of carbonyl (C=O) groups is 1. The molecule has 4 nitrogen and oxygen atoms in total. The maximum atomic E-state index is 12.9. The van der Waals surface area contributed by atoms with E-state index in [0.717, 1.165) is 20.9 Å². The highest BCUT2D eigenvalue weighted by Crippen LogP contribution is 2.33. The number of hydrogen-bond acceptors (Lipinski definition) is 3. The van der Waals surface area contributed by atoms with Crippen LogP contribution in [0.3, 0.4) is 0 Å². The molecule has 1 amide bonds. The van der Waals surface area contributed by atoms with Crippen molar-refractivity contribution >= 4 is 43.5 Å². The number of nitrogens with zero attached hydrogens (tertiary/aromatic N) is 2. The molecule has 1 heterocycles. The summed E-state index contributed by atoms with van der Waals surface area (Å²) in [6.45, 7) is 2.38. The first kappa shape index (κ1) is 19.2. The summed E-state index contributed by atoms with van der Waals surface area (Å²) in [5, 5.41) is 0. The van der Waals surface area contributed by atoms with E-state index in [4.69, 9.17) is 5.73 Å². The number of halogens is 2. The largest absolute Gasteiger partial charge is 0.398 e. The zero-order valence-corrected chi connectivity index (χ0v) is 18.0. The van der Waals surface area contributed by atoms with Crippen LogP contribution in [-0.4, -0.2) is 47.9 Å². The molecule has 1 aliphatic carbocycles. The number of amides is 1. The topological polar surface area (TPSA) is 49.6 Å². The molecule has 0 bridgehead atoms. The van der Waals surface area contributed by atoms with E-state index in [2.05, 4.69) is 36.8 Å². The molecule has 1 aliphatic heterocycles. The summed E-state index contributed by atoms with van der Waals surface area (Å²) >= 11 is 6.94. The second-order valence-corrected chi connectivity index (χ2v) is 8.93. The Labute approximate surface area is 167 Å². The van der Waals surface area contributed by atoms with Crippen molar-refractivity contribution < 1.29 is 4.79 Å². The molecule has 1 saturated carbocycles. The number of hydrogen-bond donors (Lipinski definition) is 1. The molecule has 25 heavy (non-hydrogen) atoms. The van der Waals surface area contributed by atoms with Gasteiger partial charge in [0, 0.05) is 23.6 Å². The van der Waals surface area contributed by atoms with Crippen molar-refractivity contribution in [3.8, 4) is 0 Å². The van der Waals surface area contributed by atoms with Gasteiger partial charge in [-0.25, -0.2) is 0 Å². The minimum atomic E-state index is 0.164. The predicted octanol–water partition coefficient (Wildman–Crippen LogP) is 4.20. The molecular formula is C19H27Br2N3O. The Hall–Kier alpha value is -0.590. The third-order valence-electron chi connectivity index (χ3n) is 5.76. The van der Waals surface area contributed by atoms with Crippen LogP contribution in [0.2, 0.25) is 0 Å². The van der Waals surface area contributed by atoms with E-state index in [1.165, 1.54) is 45.2 Å². The van der Waals surface area contributed by atoms with Crippen LogP contribution >= 0.6 is 31.9 Å². The summed E-state index contributed by atoms with van der Waals surface area (Å²) in [6.07, 6.45) is 7.79. The van der Waals surface area contributed by atoms with E-state index in [9.17, 15) is 4.79 Å². The first-order valence-electron chi connectivity index (χ1n) is 9.21. The van der Waals surface area contributed by atoms with Gasteiger partial charge in [0.05, 0.1) is 16.6 Å². The van der Waals surface area contributed by atoms with Gasteiger partial charge in [0.1, 0.15) is 0 Å². The van der Waals surface area contributed by atoms with E-state index in [1.54, 1.807) is 0 Å². The molecule has 2 aliphatic rings. The molecule has 6 heteroatoms. The normalized spacial score (nSPS) is 24.4. The number of carbonyl (C=O) groups excluding carboxylic acids is 1. The third-order valence-corrected chi connectivity index (χ3v) is 7.81. The first-order valence-corrected chi connectivity index (χ1v) is 10.8. The van der Waals surface area contributed by atoms with Gasteiger partial charge >= 0.3 is 0 Å². The van der Waals surface area contributed by atoms with Crippen molar-refractivity contribution in [2.45, 2.75) is 57.0 Å². The molecule has 3 rings (SSSR count). The van der Waals surface area contributed by atoms with Gasteiger partial charge in [-0.2, -0.15) is 0 Å². The van der Waals surface area contributed by atoms with Crippen molar-refractivity contribution in [2.24, 2.45) is 0 Å². The zero-order chi connectivity index (χ0) is 18.0. The maximum absolute atomic E-state index is 12.9. The van der Waals surface area contributed by atoms with Gasteiger partial charge in [-0.1, -0.05) is 18.9 Å². The minimum absolute atomic E-state index is 0.164. The van der Waals surface area contributed by atoms with Crippen LogP contribution in [0.25, 0.3) is 0 Å². The van der Waals surface area contributed by atoms with Gasteiger partial charge in [-0.15, -0.1) is 0 Å². The predicted molar refractivity (Wildman–Crippen MR) is 110 cm³/mol. The van der Waals surface area contributed by atoms with Crippen LogP contribution in [0.4, 0.5) is 5.69 Å². The quantitative estimate of drug-likeness (QED) is 0.668. The Balaban J connectivity index is 1.71. The summed E-state index contributed by atoms with van der Waals surface area (Å²) < 4.78 is 1.74. The Morgan fingerprint density at radius 2 is 1.88 bits per heavy atom. The van der Waals surface area contributed by atoms with E-state index >= 15 is 0 Å². The molecule has 2 atom stereocenters. The van der Waals surface area contributed by atoms with Crippen LogP contribution in [0.1, 0.15) is 44.1 Å². The number of nitrogen functional groups attached to an aromatic ring is 1. The Kier molecular flexibility index (Phi) is 6.44. The minimum Gasteiger partial charge on any atom is -0.398 e. The van der Waals surface area contributed by atoms with E-state index in [1.807, 2.05) is 24.1 Å².